The molecular formula is C21H30IN5O. The maximum absolute atomic E-state index is 6.12. The van der Waals surface area contributed by atoms with E-state index in [-0.39, 0.29) is 24.0 Å². The van der Waals surface area contributed by atoms with Gasteiger partial charge in [0.25, 0.3) is 0 Å². The summed E-state index contributed by atoms with van der Waals surface area (Å²) in [6, 6.07) is 10.2. The highest BCUT2D eigenvalue weighted by molar-refractivity contribution is 14.0. The van der Waals surface area contributed by atoms with Gasteiger partial charge in [0.15, 0.2) is 5.96 Å². The number of benzene rings is 1. The molecule has 0 spiro atoms. The predicted molar refractivity (Wildman–Crippen MR) is 126 cm³/mol. The maximum atomic E-state index is 6.12. The molecule has 1 aliphatic rings. The first-order valence-electron chi connectivity index (χ1n) is 9.52. The summed E-state index contributed by atoms with van der Waals surface area (Å²) in [5.41, 5.74) is 11.0. The third-order valence-corrected chi connectivity index (χ3v) is 4.68. The van der Waals surface area contributed by atoms with Crippen LogP contribution in [0.5, 0.6) is 5.88 Å². The second-order valence-electron chi connectivity index (χ2n) is 7.13. The molecule has 1 heterocycles. The second kappa shape index (κ2) is 11.2. The van der Waals surface area contributed by atoms with Crippen LogP contribution in [0.1, 0.15) is 29.5 Å². The van der Waals surface area contributed by atoms with Crippen molar-refractivity contribution < 1.29 is 4.74 Å². The third kappa shape index (κ3) is 6.63. The number of aryl methyl sites for hydroxylation is 1. The SMILES string of the molecule is CN(C)CCOc1cc(CN=C(N)Nc2cccc3c2CCCC3)ccn1.I. The Morgan fingerprint density at radius 2 is 2.07 bits per heavy atom. The van der Waals surface area contributed by atoms with Crippen molar-refractivity contribution in [1.29, 1.82) is 0 Å². The fourth-order valence-corrected chi connectivity index (χ4v) is 3.21. The molecule has 0 bridgehead atoms. The molecule has 7 heteroatoms. The van der Waals surface area contributed by atoms with Crippen LogP contribution < -0.4 is 15.8 Å². The summed E-state index contributed by atoms with van der Waals surface area (Å²) in [6.45, 7) is 1.94. The number of nitrogens with one attached hydrogen (secondary N) is 1. The number of fused-ring (bicyclic) bond motifs is 1. The van der Waals surface area contributed by atoms with Crippen molar-refractivity contribution in [2.45, 2.75) is 32.2 Å². The van der Waals surface area contributed by atoms with Gasteiger partial charge in [-0.15, -0.1) is 24.0 Å². The molecule has 28 heavy (non-hydrogen) atoms. The third-order valence-electron chi connectivity index (χ3n) is 4.68. The summed E-state index contributed by atoms with van der Waals surface area (Å²) in [5.74, 6) is 1.05. The van der Waals surface area contributed by atoms with Gasteiger partial charge in [-0.1, -0.05) is 12.1 Å². The van der Waals surface area contributed by atoms with Crippen LogP contribution >= 0.6 is 24.0 Å². The van der Waals surface area contributed by atoms with Gasteiger partial charge in [0, 0.05) is 24.5 Å². The fraction of sp³-hybridized carbons (Fsp3) is 0.429. The van der Waals surface area contributed by atoms with Crippen LogP contribution in [0.15, 0.2) is 41.5 Å². The molecule has 1 aromatic heterocycles. The van der Waals surface area contributed by atoms with Gasteiger partial charge >= 0.3 is 0 Å². The monoisotopic (exact) mass is 495 g/mol. The van der Waals surface area contributed by atoms with E-state index in [0.717, 1.165) is 30.6 Å². The molecule has 0 radical (unpaired) electrons. The van der Waals surface area contributed by atoms with E-state index in [0.29, 0.717) is 25.0 Å². The molecule has 0 saturated heterocycles. The maximum Gasteiger partial charge on any atom is 0.213 e. The van der Waals surface area contributed by atoms with Crippen molar-refractivity contribution >= 4 is 35.6 Å². The van der Waals surface area contributed by atoms with Gasteiger partial charge in [0.1, 0.15) is 6.61 Å². The minimum atomic E-state index is 0. The lowest BCUT2D eigenvalue weighted by molar-refractivity contribution is 0.253. The zero-order valence-corrected chi connectivity index (χ0v) is 19.0. The summed E-state index contributed by atoms with van der Waals surface area (Å²) >= 11 is 0. The molecule has 0 atom stereocenters. The van der Waals surface area contributed by atoms with E-state index < -0.39 is 0 Å². The lowest BCUT2D eigenvalue weighted by Crippen LogP contribution is -2.24. The normalized spacial score (nSPS) is 13.6. The molecule has 0 unspecified atom stereocenters. The Balaban J connectivity index is 0.00000280. The topological polar surface area (TPSA) is 75.8 Å². The van der Waals surface area contributed by atoms with Crippen molar-refractivity contribution in [3.63, 3.8) is 0 Å². The first kappa shape index (κ1) is 22.4. The van der Waals surface area contributed by atoms with Crippen LogP contribution in [0.25, 0.3) is 0 Å². The minimum Gasteiger partial charge on any atom is -0.476 e. The molecule has 6 nitrogen and oxygen atoms in total. The molecule has 0 aliphatic heterocycles. The molecule has 0 saturated carbocycles. The standard InChI is InChI=1S/C21H29N5O.HI/c1-26(2)12-13-27-20-14-16(10-11-23-20)15-24-21(22)25-19-9-5-7-17-6-3-4-8-18(17)19;/h5,7,9-11,14H,3-4,6,8,12-13,15H2,1-2H3,(H3,22,24,25);1H. The van der Waals surface area contributed by atoms with Crippen molar-refractivity contribution in [2.75, 3.05) is 32.6 Å². The summed E-state index contributed by atoms with van der Waals surface area (Å²) in [6.07, 6.45) is 6.49. The highest BCUT2D eigenvalue weighted by atomic mass is 127. The van der Waals surface area contributed by atoms with Crippen molar-refractivity contribution in [1.82, 2.24) is 9.88 Å². The van der Waals surface area contributed by atoms with E-state index in [9.17, 15) is 0 Å². The molecule has 0 fully saturated rings. The number of rotatable bonds is 7. The Hall–Kier alpha value is -1.87. The predicted octanol–water partition coefficient (Wildman–Crippen LogP) is 3.45. The Morgan fingerprint density at radius 1 is 1.25 bits per heavy atom. The largest absolute Gasteiger partial charge is 0.476 e. The quantitative estimate of drug-likeness (QED) is 0.350. The Morgan fingerprint density at radius 3 is 2.89 bits per heavy atom. The molecular weight excluding hydrogens is 465 g/mol. The number of hydrogen-bond acceptors (Lipinski definition) is 4. The number of nitrogens with two attached hydrogens (primary N) is 1. The highest BCUT2D eigenvalue weighted by Gasteiger charge is 2.13. The van der Waals surface area contributed by atoms with Crippen LogP contribution in [0.2, 0.25) is 0 Å². The average molecular weight is 495 g/mol. The summed E-state index contributed by atoms with van der Waals surface area (Å²) in [4.78, 5) is 10.8. The number of anilines is 1. The Labute approximate surface area is 184 Å². The molecule has 152 valence electrons. The van der Waals surface area contributed by atoms with E-state index in [1.165, 1.54) is 24.0 Å². The first-order valence-corrected chi connectivity index (χ1v) is 9.52. The molecule has 1 aromatic carbocycles. The van der Waals surface area contributed by atoms with Gasteiger partial charge in [0.05, 0.1) is 6.54 Å². The van der Waals surface area contributed by atoms with Gasteiger partial charge in [-0.25, -0.2) is 9.98 Å². The summed E-state index contributed by atoms with van der Waals surface area (Å²) in [7, 11) is 4.03. The summed E-state index contributed by atoms with van der Waals surface area (Å²) in [5, 5.41) is 3.28. The second-order valence-corrected chi connectivity index (χ2v) is 7.13. The number of pyridine rings is 1. The Kier molecular flexibility index (Phi) is 8.98. The van der Waals surface area contributed by atoms with E-state index in [1.54, 1.807) is 6.20 Å². The fourth-order valence-electron chi connectivity index (χ4n) is 3.21. The lowest BCUT2D eigenvalue weighted by Gasteiger charge is -2.19. The van der Waals surface area contributed by atoms with Crippen molar-refractivity contribution in [2.24, 2.45) is 10.7 Å². The average Bonchev–Trinajstić information content (AvgIpc) is 2.67. The molecule has 2 aromatic rings. The smallest absolute Gasteiger partial charge is 0.213 e. The number of guanidine groups is 1. The van der Waals surface area contributed by atoms with Gasteiger partial charge < -0.3 is 20.7 Å². The van der Waals surface area contributed by atoms with Gasteiger partial charge in [-0.2, -0.15) is 0 Å². The molecule has 3 rings (SSSR count). The number of halogens is 1. The van der Waals surface area contributed by atoms with Crippen LogP contribution in [0.4, 0.5) is 5.69 Å². The number of aliphatic imine (C=N–C) groups is 1. The molecule has 1 aliphatic carbocycles. The van der Waals surface area contributed by atoms with Crippen molar-refractivity contribution in [3.8, 4) is 5.88 Å². The highest BCUT2D eigenvalue weighted by Crippen LogP contribution is 2.27. The van der Waals surface area contributed by atoms with Crippen LogP contribution in [-0.2, 0) is 19.4 Å². The Bertz CT molecular complexity index is 794. The van der Waals surface area contributed by atoms with Crippen LogP contribution in [0, 0.1) is 0 Å². The summed E-state index contributed by atoms with van der Waals surface area (Å²) < 4.78 is 5.67. The number of nitrogens with zero attached hydrogens (tertiary/aromatic N) is 3. The van der Waals surface area contributed by atoms with Crippen molar-refractivity contribution in [3.05, 3.63) is 53.2 Å². The zero-order valence-electron chi connectivity index (χ0n) is 16.6. The number of hydrogen-bond donors (Lipinski definition) is 2. The van der Waals surface area contributed by atoms with Gasteiger partial charge in [-0.3, -0.25) is 0 Å². The van der Waals surface area contributed by atoms with Crippen LogP contribution in [0.3, 0.4) is 0 Å². The number of ether oxygens (including phenoxy) is 1. The van der Waals surface area contributed by atoms with E-state index in [1.807, 2.05) is 26.2 Å². The first-order chi connectivity index (χ1) is 13.1. The zero-order chi connectivity index (χ0) is 19.1. The van der Waals surface area contributed by atoms with E-state index >= 15 is 0 Å². The number of likely N-dealkylation sites (N-methyl/N-ethyl adjacent to an activating group) is 1. The van der Waals surface area contributed by atoms with Gasteiger partial charge in [0.2, 0.25) is 5.88 Å². The van der Waals surface area contributed by atoms with E-state index in [2.05, 4.69) is 38.4 Å². The lowest BCUT2D eigenvalue weighted by atomic mass is 9.90. The molecule has 3 N–H and O–H groups in total. The van der Waals surface area contributed by atoms with E-state index in [4.69, 9.17) is 10.5 Å². The molecule has 0 amide bonds. The number of aromatic nitrogens is 1. The van der Waals surface area contributed by atoms with Gasteiger partial charge in [-0.05, 0) is 68.6 Å². The van der Waals surface area contributed by atoms with Crippen LogP contribution in [-0.4, -0.2) is 43.1 Å². The minimum absolute atomic E-state index is 0.